The lowest BCUT2D eigenvalue weighted by Gasteiger charge is -2.21. The summed E-state index contributed by atoms with van der Waals surface area (Å²) in [7, 11) is 6.15. The average molecular weight is 492 g/mol. The highest BCUT2D eigenvalue weighted by molar-refractivity contribution is 9.10. The smallest absolute Gasteiger partial charge is 0.224 e. The molecule has 0 saturated carbocycles. The van der Waals surface area contributed by atoms with Gasteiger partial charge in [0.25, 0.3) is 0 Å². The fourth-order valence-corrected chi connectivity index (χ4v) is 4.97. The minimum absolute atomic E-state index is 0.166. The Morgan fingerprint density at radius 1 is 1.03 bits per heavy atom. The molecule has 8 heteroatoms. The normalized spacial score (nSPS) is 14.6. The van der Waals surface area contributed by atoms with Crippen LogP contribution < -0.4 is 29.7 Å². The van der Waals surface area contributed by atoms with Crippen molar-refractivity contribution in [3.05, 3.63) is 43.5 Å². The van der Waals surface area contributed by atoms with Gasteiger partial charge in [0.05, 0.1) is 39.0 Å². The van der Waals surface area contributed by atoms with Crippen LogP contribution in [0.1, 0.15) is 36.1 Å². The fraction of sp³-hybridized carbons (Fsp3) is 0.391. The first-order valence-electron chi connectivity index (χ1n) is 9.79. The number of benzene rings is 1. The standard InChI is InChI=1S/C23H26BrNO6/c1-11-9-14-17-13(10-16(28-3)21(29-4)22(17)30-5)7-8-15(25-12(2)26)18(14)19(24)23(31-6)20(11)27/h9-10,15H,7-8H2,1-6H3,(H,25,26). The molecule has 7 nitrogen and oxygen atoms in total. The molecule has 0 radical (unpaired) electrons. The van der Waals surface area contributed by atoms with Crippen molar-refractivity contribution in [2.45, 2.75) is 32.7 Å². The summed E-state index contributed by atoms with van der Waals surface area (Å²) < 4.78 is 22.9. The summed E-state index contributed by atoms with van der Waals surface area (Å²) in [6.45, 7) is 3.21. The summed E-state index contributed by atoms with van der Waals surface area (Å²) in [6, 6.07) is 3.39. The molecular weight excluding hydrogens is 466 g/mol. The van der Waals surface area contributed by atoms with Gasteiger partial charge in [-0.15, -0.1) is 0 Å². The molecule has 1 aliphatic rings. The summed E-state index contributed by atoms with van der Waals surface area (Å²) in [4.78, 5) is 25.0. The van der Waals surface area contributed by atoms with Crippen LogP contribution in [0.5, 0.6) is 23.0 Å². The van der Waals surface area contributed by atoms with E-state index in [2.05, 4.69) is 21.2 Å². The van der Waals surface area contributed by atoms with Crippen molar-refractivity contribution in [2.24, 2.45) is 0 Å². The summed E-state index contributed by atoms with van der Waals surface area (Å²) in [5.41, 5.74) is 3.54. The third kappa shape index (κ3) is 3.96. The van der Waals surface area contributed by atoms with E-state index in [1.807, 2.05) is 12.1 Å². The molecular formula is C23H26BrNO6. The van der Waals surface area contributed by atoms with Crippen LogP contribution in [-0.2, 0) is 11.2 Å². The molecule has 2 aromatic rings. The fourth-order valence-electron chi connectivity index (χ4n) is 4.14. The molecule has 1 atom stereocenters. The van der Waals surface area contributed by atoms with Crippen LogP contribution in [0.15, 0.2) is 21.4 Å². The number of hydrogen-bond donors (Lipinski definition) is 1. The molecule has 1 N–H and O–H groups in total. The van der Waals surface area contributed by atoms with E-state index in [9.17, 15) is 9.59 Å². The number of aryl methyl sites for hydroxylation is 2. The van der Waals surface area contributed by atoms with Gasteiger partial charge in [0.15, 0.2) is 17.2 Å². The lowest BCUT2D eigenvalue weighted by Crippen LogP contribution is -2.26. The molecule has 0 heterocycles. The number of ether oxygens (including phenoxy) is 4. The van der Waals surface area contributed by atoms with Crippen LogP contribution in [0.3, 0.4) is 0 Å². The van der Waals surface area contributed by atoms with Gasteiger partial charge in [0.2, 0.25) is 17.1 Å². The Bertz CT molecular complexity index is 1100. The minimum atomic E-state index is -0.351. The zero-order valence-corrected chi connectivity index (χ0v) is 20.1. The second-order valence-electron chi connectivity index (χ2n) is 7.30. The molecule has 0 aromatic heterocycles. The summed E-state index contributed by atoms with van der Waals surface area (Å²) in [5, 5.41) is 3.02. The minimum Gasteiger partial charge on any atom is -0.493 e. The van der Waals surface area contributed by atoms with Crippen molar-refractivity contribution in [1.29, 1.82) is 0 Å². The zero-order chi connectivity index (χ0) is 22.9. The van der Waals surface area contributed by atoms with Crippen LogP contribution in [0.2, 0.25) is 0 Å². The molecule has 0 spiro atoms. The molecule has 3 rings (SSSR count). The van der Waals surface area contributed by atoms with Crippen LogP contribution in [0.4, 0.5) is 0 Å². The van der Waals surface area contributed by atoms with Crippen LogP contribution >= 0.6 is 15.9 Å². The van der Waals surface area contributed by atoms with Gasteiger partial charge in [0, 0.05) is 23.6 Å². The highest BCUT2D eigenvalue weighted by Crippen LogP contribution is 2.52. The molecule has 166 valence electrons. The van der Waals surface area contributed by atoms with E-state index in [0.717, 1.165) is 22.3 Å². The van der Waals surface area contributed by atoms with Crippen LogP contribution in [0.25, 0.3) is 11.1 Å². The van der Waals surface area contributed by atoms with Gasteiger partial charge in [-0.1, -0.05) is 0 Å². The maximum Gasteiger partial charge on any atom is 0.224 e. The van der Waals surface area contributed by atoms with Crippen molar-refractivity contribution in [1.82, 2.24) is 5.32 Å². The number of amides is 1. The van der Waals surface area contributed by atoms with E-state index in [1.165, 1.54) is 14.0 Å². The first kappa shape index (κ1) is 22.9. The Kier molecular flexibility index (Phi) is 6.79. The van der Waals surface area contributed by atoms with E-state index in [1.54, 1.807) is 28.3 Å². The molecule has 0 fully saturated rings. The second kappa shape index (κ2) is 9.18. The zero-order valence-electron chi connectivity index (χ0n) is 18.5. The van der Waals surface area contributed by atoms with Gasteiger partial charge in [0.1, 0.15) is 0 Å². The van der Waals surface area contributed by atoms with Gasteiger partial charge in [-0.25, -0.2) is 0 Å². The first-order chi connectivity index (χ1) is 14.8. The predicted molar refractivity (Wildman–Crippen MR) is 122 cm³/mol. The quantitative estimate of drug-likeness (QED) is 0.681. The Balaban J connectivity index is 2.55. The lowest BCUT2D eigenvalue weighted by molar-refractivity contribution is -0.119. The Hall–Kier alpha value is -2.74. The second-order valence-corrected chi connectivity index (χ2v) is 8.10. The van der Waals surface area contributed by atoms with Crippen molar-refractivity contribution in [2.75, 3.05) is 28.4 Å². The van der Waals surface area contributed by atoms with Crippen molar-refractivity contribution in [3.63, 3.8) is 0 Å². The number of nitrogens with one attached hydrogen (secondary N) is 1. The van der Waals surface area contributed by atoms with E-state index in [0.29, 0.717) is 40.1 Å². The maximum absolute atomic E-state index is 13.0. The lowest BCUT2D eigenvalue weighted by atomic mass is 9.95. The maximum atomic E-state index is 13.0. The number of fused-ring (bicyclic) bond motifs is 3. The number of rotatable bonds is 5. The SMILES string of the molecule is COc1cc2c(c(OC)c1OC)-c1cc(C)c(=O)c(OC)c(Br)c1C(NC(C)=O)CC2. The van der Waals surface area contributed by atoms with Crippen LogP contribution in [0, 0.1) is 6.92 Å². The number of halogens is 1. The van der Waals surface area contributed by atoms with E-state index in [4.69, 9.17) is 18.9 Å². The predicted octanol–water partition coefficient (Wildman–Crippen LogP) is 3.94. The molecule has 1 amide bonds. The molecule has 0 bridgehead atoms. The highest BCUT2D eigenvalue weighted by Gasteiger charge is 2.32. The van der Waals surface area contributed by atoms with Gasteiger partial charge in [-0.3, -0.25) is 9.59 Å². The van der Waals surface area contributed by atoms with Crippen molar-refractivity contribution >= 4 is 21.8 Å². The Morgan fingerprint density at radius 2 is 1.68 bits per heavy atom. The number of carbonyl (C=O) groups excluding carboxylic acids is 1. The largest absolute Gasteiger partial charge is 0.493 e. The molecule has 0 saturated heterocycles. The van der Waals surface area contributed by atoms with Gasteiger partial charge in [-0.2, -0.15) is 0 Å². The molecule has 1 aliphatic carbocycles. The van der Waals surface area contributed by atoms with Gasteiger partial charge in [-0.05, 0) is 59.0 Å². The molecule has 31 heavy (non-hydrogen) atoms. The third-order valence-electron chi connectivity index (χ3n) is 5.46. The van der Waals surface area contributed by atoms with Gasteiger partial charge < -0.3 is 24.3 Å². The first-order valence-corrected chi connectivity index (χ1v) is 10.6. The average Bonchev–Trinajstić information content (AvgIpc) is 2.93. The van der Waals surface area contributed by atoms with Crippen molar-refractivity contribution in [3.8, 4) is 34.1 Å². The van der Waals surface area contributed by atoms with Crippen molar-refractivity contribution < 1.29 is 23.7 Å². The van der Waals surface area contributed by atoms with E-state index >= 15 is 0 Å². The van der Waals surface area contributed by atoms with Gasteiger partial charge >= 0.3 is 0 Å². The topological polar surface area (TPSA) is 83.1 Å². The van der Waals surface area contributed by atoms with E-state index < -0.39 is 0 Å². The Labute approximate surface area is 189 Å². The third-order valence-corrected chi connectivity index (χ3v) is 6.25. The molecule has 2 aromatic carbocycles. The number of carbonyl (C=O) groups is 1. The number of hydrogen-bond acceptors (Lipinski definition) is 6. The number of methoxy groups -OCH3 is 4. The Morgan fingerprint density at radius 3 is 2.23 bits per heavy atom. The summed E-state index contributed by atoms with van der Waals surface area (Å²) in [6.07, 6.45) is 1.25. The highest BCUT2D eigenvalue weighted by atomic mass is 79.9. The molecule has 0 aliphatic heterocycles. The monoisotopic (exact) mass is 491 g/mol. The summed E-state index contributed by atoms with van der Waals surface area (Å²) in [5.74, 6) is 1.54. The van der Waals surface area contributed by atoms with Crippen LogP contribution in [-0.4, -0.2) is 34.3 Å². The summed E-state index contributed by atoms with van der Waals surface area (Å²) >= 11 is 3.60. The van der Waals surface area contributed by atoms with E-state index in [-0.39, 0.29) is 23.1 Å². The molecule has 1 unspecified atom stereocenters.